The van der Waals surface area contributed by atoms with E-state index in [1.165, 1.54) is 24.8 Å². The van der Waals surface area contributed by atoms with Gasteiger partial charge in [0.25, 0.3) is 0 Å². The van der Waals surface area contributed by atoms with Gasteiger partial charge in [-0.15, -0.1) is 0 Å². The number of hydrogen-bond donors (Lipinski definition) is 0. The van der Waals surface area contributed by atoms with Gasteiger partial charge in [0, 0.05) is 5.56 Å². The first-order valence-corrected chi connectivity index (χ1v) is 9.26. The van der Waals surface area contributed by atoms with Crippen molar-refractivity contribution in [2.24, 2.45) is 11.8 Å². The molecule has 1 atom stereocenters. The van der Waals surface area contributed by atoms with E-state index in [0.717, 1.165) is 30.1 Å². The fraction of sp³-hybridized carbons (Fsp3) is 0.714. The fourth-order valence-corrected chi connectivity index (χ4v) is 2.94. The zero-order chi connectivity index (χ0) is 17.3. The van der Waals surface area contributed by atoms with E-state index in [1.807, 2.05) is 0 Å². The smallest absolute Gasteiger partial charge is 0.104 e. The lowest BCUT2D eigenvalue weighted by molar-refractivity contribution is -0.904. The third kappa shape index (κ3) is 9.78. The zero-order valence-electron chi connectivity index (χ0n) is 16.2. The molecular weight excluding hydrogens is 282 g/mol. The summed E-state index contributed by atoms with van der Waals surface area (Å²) >= 11 is 0. The second kappa shape index (κ2) is 10.1. The Morgan fingerprint density at radius 2 is 1.57 bits per heavy atom. The Balaban J connectivity index is 2.40. The largest absolute Gasteiger partial charge is 0.372 e. The number of ether oxygens (including phenoxy) is 1. The van der Waals surface area contributed by atoms with Crippen LogP contribution in [0.4, 0.5) is 0 Å². The monoisotopic (exact) mass is 320 g/mol. The molecule has 1 rings (SSSR count). The molecule has 0 bridgehead atoms. The van der Waals surface area contributed by atoms with Crippen molar-refractivity contribution < 1.29 is 9.22 Å². The van der Waals surface area contributed by atoms with Gasteiger partial charge in [0.05, 0.1) is 26.8 Å². The van der Waals surface area contributed by atoms with Crippen molar-refractivity contribution in [3.63, 3.8) is 0 Å². The van der Waals surface area contributed by atoms with Crippen molar-refractivity contribution in [3.8, 4) is 0 Å². The third-order valence-corrected chi connectivity index (χ3v) is 4.30. The van der Waals surface area contributed by atoms with E-state index in [4.69, 9.17) is 4.74 Å². The highest BCUT2D eigenvalue weighted by atomic mass is 16.5. The van der Waals surface area contributed by atoms with Crippen LogP contribution in [0.5, 0.6) is 0 Å². The van der Waals surface area contributed by atoms with Crippen molar-refractivity contribution in [1.29, 1.82) is 0 Å². The molecule has 1 aromatic rings. The van der Waals surface area contributed by atoms with Gasteiger partial charge in [-0.2, -0.15) is 0 Å². The molecule has 132 valence electrons. The Labute approximate surface area is 144 Å². The third-order valence-electron chi connectivity index (χ3n) is 4.30. The summed E-state index contributed by atoms with van der Waals surface area (Å²) < 4.78 is 7.24. The lowest BCUT2D eigenvalue weighted by Crippen LogP contribution is -2.42. The van der Waals surface area contributed by atoms with Crippen LogP contribution in [-0.4, -0.2) is 37.8 Å². The highest BCUT2D eigenvalue weighted by Crippen LogP contribution is 2.17. The molecule has 0 saturated heterocycles. The minimum Gasteiger partial charge on any atom is -0.372 e. The Kier molecular flexibility index (Phi) is 8.86. The highest BCUT2D eigenvalue weighted by Gasteiger charge is 2.18. The predicted octanol–water partition coefficient (Wildman–Crippen LogP) is 5.13. The Bertz CT molecular complexity index is 411. The van der Waals surface area contributed by atoms with E-state index in [2.05, 4.69) is 72.1 Å². The summed E-state index contributed by atoms with van der Waals surface area (Å²) in [6, 6.07) is 10.8. The van der Waals surface area contributed by atoms with Gasteiger partial charge < -0.3 is 9.22 Å². The Morgan fingerprint density at radius 1 is 0.913 bits per heavy atom. The SMILES string of the molecule is CC(C)CCC(CC(C)C)OCC[N+](C)(C)Cc1ccccc1. The van der Waals surface area contributed by atoms with Crippen LogP contribution in [0.1, 0.15) is 52.5 Å². The van der Waals surface area contributed by atoms with Gasteiger partial charge in [-0.1, -0.05) is 58.0 Å². The highest BCUT2D eigenvalue weighted by molar-refractivity contribution is 5.13. The average Bonchev–Trinajstić information content (AvgIpc) is 2.44. The summed E-state index contributed by atoms with van der Waals surface area (Å²) in [6.07, 6.45) is 4.06. The Morgan fingerprint density at radius 3 is 2.13 bits per heavy atom. The van der Waals surface area contributed by atoms with Gasteiger partial charge in [0.1, 0.15) is 13.1 Å². The van der Waals surface area contributed by atoms with Crippen LogP contribution in [0, 0.1) is 11.8 Å². The quantitative estimate of drug-likeness (QED) is 0.514. The molecular formula is C21H38NO+. The molecule has 0 aliphatic heterocycles. The first kappa shape index (κ1) is 20.2. The van der Waals surface area contributed by atoms with E-state index in [1.54, 1.807) is 0 Å². The summed E-state index contributed by atoms with van der Waals surface area (Å²) in [5.41, 5.74) is 1.40. The predicted molar refractivity (Wildman–Crippen MR) is 100 cm³/mol. The standard InChI is InChI=1S/C21H38NO/c1-18(2)12-13-21(16-19(3)4)23-15-14-22(5,6)17-20-10-8-7-9-11-20/h7-11,18-19,21H,12-17H2,1-6H3/q+1. The molecule has 2 nitrogen and oxygen atoms in total. The average molecular weight is 321 g/mol. The minimum absolute atomic E-state index is 0.425. The molecule has 23 heavy (non-hydrogen) atoms. The molecule has 2 heteroatoms. The minimum atomic E-state index is 0.425. The number of hydrogen-bond acceptors (Lipinski definition) is 1. The molecule has 0 aromatic heterocycles. The van der Waals surface area contributed by atoms with E-state index >= 15 is 0 Å². The fourth-order valence-electron chi connectivity index (χ4n) is 2.94. The molecule has 0 aliphatic carbocycles. The van der Waals surface area contributed by atoms with Gasteiger partial charge in [0.2, 0.25) is 0 Å². The topological polar surface area (TPSA) is 9.23 Å². The van der Waals surface area contributed by atoms with E-state index in [0.29, 0.717) is 12.0 Å². The zero-order valence-corrected chi connectivity index (χ0v) is 16.2. The number of quaternary nitrogens is 1. The van der Waals surface area contributed by atoms with Crippen LogP contribution < -0.4 is 0 Å². The summed E-state index contributed by atoms with van der Waals surface area (Å²) in [5, 5.41) is 0. The van der Waals surface area contributed by atoms with Gasteiger partial charge in [-0.3, -0.25) is 0 Å². The van der Waals surface area contributed by atoms with Gasteiger partial charge in [0.15, 0.2) is 0 Å². The van der Waals surface area contributed by atoms with E-state index in [9.17, 15) is 0 Å². The van der Waals surface area contributed by atoms with Crippen LogP contribution >= 0.6 is 0 Å². The molecule has 0 amide bonds. The van der Waals surface area contributed by atoms with E-state index < -0.39 is 0 Å². The van der Waals surface area contributed by atoms with Gasteiger partial charge in [-0.05, 0) is 31.1 Å². The number of rotatable bonds is 11. The van der Waals surface area contributed by atoms with Crippen molar-refractivity contribution in [2.45, 2.75) is 59.6 Å². The maximum absolute atomic E-state index is 6.26. The normalized spacial score (nSPS) is 13.7. The molecule has 0 radical (unpaired) electrons. The van der Waals surface area contributed by atoms with Crippen LogP contribution in [-0.2, 0) is 11.3 Å². The van der Waals surface area contributed by atoms with Crippen molar-refractivity contribution >= 4 is 0 Å². The van der Waals surface area contributed by atoms with Gasteiger partial charge >= 0.3 is 0 Å². The van der Waals surface area contributed by atoms with Crippen LogP contribution in [0.25, 0.3) is 0 Å². The van der Waals surface area contributed by atoms with Crippen molar-refractivity contribution in [2.75, 3.05) is 27.2 Å². The molecule has 0 aliphatic rings. The summed E-state index contributed by atoms with van der Waals surface area (Å²) in [5.74, 6) is 1.47. The number of nitrogens with zero attached hydrogens (tertiary/aromatic N) is 1. The van der Waals surface area contributed by atoms with Gasteiger partial charge in [-0.25, -0.2) is 0 Å². The first-order valence-electron chi connectivity index (χ1n) is 9.26. The van der Waals surface area contributed by atoms with Crippen LogP contribution in [0.2, 0.25) is 0 Å². The number of likely N-dealkylation sites (N-methyl/N-ethyl adjacent to an activating group) is 1. The van der Waals surface area contributed by atoms with Crippen LogP contribution in [0.3, 0.4) is 0 Å². The number of benzene rings is 1. The molecule has 1 aromatic carbocycles. The second-order valence-corrected chi connectivity index (χ2v) is 8.40. The van der Waals surface area contributed by atoms with Crippen LogP contribution in [0.15, 0.2) is 30.3 Å². The first-order chi connectivity index (χ1) is 10.8. The van der Waals surface area contributed by atoms with Crippen molar-refractivity contribution in [1.82, 2.24) is 0 Å². The summed E-state index contributed by atoms with van der Waals surface area (Å²) in [4.78, 5) is 0. The summed E-state index contributed by atoms with van der Waals surface area (Å²) in [7, 11) is 4.59. The second-order valence-electron chi connectivity index (χ2n) is 8.40. The molecule has 0 N–H and O–H groups in total. The molecule has 0 spiro atoms. The van der Waals surface area contributed by atoms with E-state index in [-0.39, 0.29) is 0 Å². The maximum Gasteiger partial charge on any atom is 0.104 e. The maximum atomic E-state index is 6.26. The molecule has 1 unspecified atom stereocenters. The molecule has 0 saturated carbocycles. The van der Waals surface area contributed by atoms with Crippen molar-refractivity contribution in [3.05, 3.63) is 35.9 Å². The lowest BCUT2D eigenvalue weighted by Gasteiger charge is -2.31. The Hall–Kier alpha value is -0.860. The molecule has 0 fully saturated rings. The lowest BCUT2D eigenvalue weighted by atomic mass is 9.98. The molecule has 0 heterocycles. The summed E-state index contributed by atoms with van der Waals surface area (Å²) in [6.45, 7) is 12.2.